The number of hydrogen-bond donors (Lipinski definition) is 1. The summed E-state index contributed by atoms with van der Waals surface area (Å²) < 4.78 is 0. The second-order valence-electron chi connectivity index (χ2n) is 2.31. The molecule has 60 valence electrons. The fraction of sp³-hybridized carbons (Fsp3) is 0. The van der Waals surface area contributed by atoms with E-state index in [2.05, 4.69) is 15.0 Å². The van der Waals surface area contributed by atoms with Gasteiger partial charge in [-0.15, -0.1) is 0 Å². The van der Waals surface area contributed by atoms with Crippen molar-refractivity contribution in [2.24, 2.45) is 0 Å². The summed E-state index contributed by atoms with van der Waals surface area (Å²) in [6.07, 6.45) is 5.00. The zero-order valence-corrected chi connectivity index (χ0v) is 6.92. The molecule has 0 saturated heterocycles. The molecule has 0 aliphatic rings. The normalized spacial score (nSPS) is 10.1. The number of nitrogens with zero attached hydrogens (tertiary/aromatic N) is 2. The molecule has 1 N–H and O–H groups in total. The summed E-state index contributed by atoms with van der Waals surface area (Å²) in [5.41, 5.74) is 1.68. The molecule has 0 aliphatic heterocycles. The van der Waals surface area contributed by atoms with E-state index in [9.17, 15) is 0 Å². The van der Waals surface area contributed by atoms with E-state index in [1.54, 1.807) is 6.20 Å². The lowest BCUT2D eigenvalue weighted by Gasteiger charge is -1.95. The molecule has 0 spiro atoms. The lowest BCUT2D eigenvalue weighted by atomic mass is 10.3. The van der Waals surface area contributed by atoms with Gasteiger partial charge in [-0.2, -0.15) is 0 Å². The van der Waals surface area contributed by atoms with Gasteiger partial charge in [0.05, 0.1) is 18.1 Å². The molecule has 2 aromatic rings. The highest BCUT2D eigenvalue weighted by Crippen LogP contribution is 2.14. The Morgan fingerprint density at radius 3 is 2.92 bits per heavy atom. The van der Waals surface area contributed by atoms with Crippen molar-refractivity contribution in [3.8, 4) is 11.4 Å². The molecule has 0 aliphatic carbocycles. The van der Waals surface area contributed by atoms with Crippen molar-refractivity contribution in [1.82, 2.24) is 15.0 Å². The number of aromatic amines is 1. The maximum atomic E-state index is 5.67. The lowest BCUT2D eigenvalue weighted by Crippen LogP contribution is -1.85. The molecular formula is C8H6ClN3. The van der Waals surface area contributed by atoms with Gasteiger partial charge < -0.3 is 4.98 Å². The van der Waals surface area contributed by atoms with Crippen LogP contribution in [0, 0.1) is 0 Å². The van der Waals surface area contributed by atoms with Gasteiger partial charge in [0.2, 0.25) is 0 Å². The van der Waals surface area contributed by atoms with Crippen LogP contribution in [0.15, 0.2) is 30.7 Å². The Hall–Kier alpha value is -1.35. The maximum absolute atomic E-state index is 5.67. The van der Waals surface area contributed by atoms with Crippen LogP contribution in [0.1, 0.15) is 0 Å². The van der Waals surface area contributed by atoms with Crippen molar-refractivity contribution in [2.75, 3.05) is 0 Å². The van der Waals surface area contributed by atoms with Crippen molar-refractivity contribution in [2.45, 2.75) is 0 Å². The molecule has 3 nitrogen and oxygen atoms in total. The van der Waals surface area contributed by atoms with Gasteiger partial charge in [0.15, 0.2) is 0 Å². The Bertz CT molecular complexity index is 370. The molecule has 0 aromatic carbocycles. The molecule has 12 heavy (non-hydrogen) atoms. The third-order valence-electron chi connectivity index (χ3n) is 1.48. The van der Waals surface area contributed by atoms with E-state index in [4.69, 9.17) is 11.6 Å². The quantitative estimate of drug-likeness (QED) is 0.729. The molecule has 0 atom stereocenters. The molecule has 0 saturated carbocycles. The van der Waals surface area contributed by atoms with Gasteiger partial charge in [-0.1, -0.05) is 11.6 Å². The SMILES string of the molecule is Clc1cncc(-c2ccc[nH]2)n1. The third kappa shape index (κ3) is 1.31. The number of hydrogen-bond acceptors (Lipinski definition) is 2. The number of H-pyrrole nitrogens is 1. The molecule has 0 unspecified atom stereocenters. The molecular weight excluding hydrogens is 174 g/mol. The largest absolute Gasteiger partial charge is 0.360 e. The maximum Gasteiger partial charge on any atom is 0.148 e. The van der Waals surface area contributed by atoms with Crippen LogP contribution in [0.5, 0.6) is 0 Å². The van der Waals surface area contributed by atoms with Crippen LogP contribution >= 0.6 is 11.6 Å². The van der Waals surface area contributed by atoms with Crippen molar-refractivity contribution in [1.29, 1.82) is 0 Å². The van der Waals surface area contributed by atoms with Gasteiger partial charge in [0.25, 0.3) is 0 Å². The Morgan fingerprint density at radius 1 is 1.33 bits per heavy atom. The minimum atomic E-state index is 0.405. The first-order valence-electron chi connectivity index (χ1n) is 3.47. The topological polar surface area (TPSA) is 41.6 Å². The van der Waals surface area contributed by atoms with Gasteiger partial charge in [0.1, 0.15) is 10.8 Å². The Labute approximate surface area is 74.4 Å². The fourth-order valence-corrected chi connectivity index (χ4v) is 1.11. The van der Waals surface area contributed by atoms with Gasteiger partial charge >= 0.3 is 0 Å². The van der Waals surface area contributed by atoms with Gasteiger partial charge in [0, 0.05) is 6.20 Å². The summed E-state index contributed by atoms with van der Waals surface area (Å²) in [6, 6.07) is 3.82. The van der Waals surface area contributed by atoms with E-state index in [0.29, 0.717) is 5.15 Å². The highest BCUT2D eigenvalue weighted by atomic mass is 35.5. The van der Waals surface area contributed by atoms with Crippen LogP contribution in [0.4, 0.5) is 0 Å². The number of aromatic nitrogens is 3. The van der Waals surface area contributed by atoms with E-state index in [-0.39, 0.29) is 0 Å². The predicted molar refractivity (Wildman–Crippen MR) is 46.8 cm³/mol. The zero-order chi connectivity index (χ0) is 8.39. The average Bonchev–Trinajstić information content (AvgIpc) is 2.56. The van der Waals surface area contributed by atoms with Crippen molar-refractivity contribution in [3.63, 3.8) is 0 Å². The highest BCUT2D eigenvalue weighted by molar-refractivity contribution is 6.29. The van der Waals surface area contributed by atoms with E-state index in [1.807, 2.05) is 18.3 Å². The molecule has 2 heterocycles. The summed E-state index contributed by atoms with van der Waals surface area (Å²) in [7, 11) is 0. The number of rotatable bonds is 1. The smallest absolute Gasteiger partial charge is 0.148 e. The van der Waals surface area contributed by atoms with Crippen LogP contribution < -0.4 is 0 Å². The van der Waals surface area contributed by atoms with E-state index < -0.39 is 0 Å². The molecule has 0 bridgehead atoms. The third-order valence-corrected chi connectivity index (χ3v) is 1.66. The summed E-state index contributed by atoms with van der Waals surface area (Å²) in [4.78, 5) is 11.0. The van der Waals surface area contributed by atoms with Crippen molar-refractivity contribution >= 4 is 11.6 Å². The molecule has 0 radical (unpaired) electrons. The number of nitrogens with one attached hydrogen (secondary N) is 1. The van der Waals surface area contributed by atoms with Crippen LogP contribution in [0.2, 0.25) is 5.15 Å². The predicted octanol–water partition coefficient (Wildman–Crippen LogP) is 2.13. The Kier molecular flexibility index (Phi) is 1.80. The minimum absolute atomic E-state index is 0.405. The van der Waals surface area contributed by atoms with Gasteiger partial charge in [-0.3, -0.25) is 4.98 Å². The van der Waals surface area contributed by atoms with Gasteiger partial charge in [-0.25, -0.2) is 4.98 Å². The fourth-order valence-electron chi connectivity index (χ4n) is 0.962. The molecule has 0 amide bonds. The molecule has 0 fully saturated rings. The Balaban J connectivity index is 2.48. The second-order valence-corrected chi connectivity index (χ2v) is 2.70. The van der Waals surface area contributed by atoms with Crippen LogP contribution in [0.3, 0.4) is 0 Å². The number of halogens is 1. The van der Waals surface area contributed by atoms with Crippen molar-refractivity contribution in [3.05, 3.63) is 35.9 Å². The Morgan fingerprint density at radius 2 is 2.25 bits per heavy atom. The molecule has 2 aromatic heterocycles. The summed E-state index contributed by atoms with van der Waals surface area (Å²) in [6.45, 7) is 0. The summed E-state index contributed by atoms with van der Waals surface area (Å²) in [5.74, 6) is 0. The van der Waals surface area contributed by atoms with E-state index in [0.717, 1.165) is 11.4 Å². The van der Waals surface area contributed by atoms with Crippen LogP contribution in [0.25, 0.3) is 11.4 Å². The second kappa shape index (κ2) is 2.95. The first kappa shape index (κ1) is 7.31. The van der Waals surface area contributed by atoms with Crippen molar-refractivity contribution < 1.29 is 0 Å². The van der Waals surface area contributed by atoms with E-state index in [1.165, 1.54) is 6.20 Å². The minimum Gasteiger partial charge on any atom is -0.360 e. The van der Waals surface area contributed by atoms with Crippen LogP contribution in [-0.4, -0.2) is 15.0 Å². The standard InChI is InChI=1S/C8H6ClN3/c9-8-5-10-4-7(12-8)6-2-1-3-11-6/h1-5,11H. The van der Waals surface area contributed by atoms with Crippen LogP contribution in [-0.2, 0) is 0 Å². The zero-order valence-electron chi connectivity index (χ0n) is 6.16. The first-order chi connectivity index (χ1) is 5.86. The highest BCUT2D eigenvalue weighted by Gasteiger charge is 1.99. The molecule has 2 rings (SSSR count). The first-order valence-corrected chi connectivity index (χ1v) is 3.85. The van der Waals surface area contributed by atoms with E-state index >= 15 is 0 Å². The molecule has 4 heteroatoms. The average molecular weight is 180 g/mol. The lowest BCUT2D eigenvalue weighted by molar-refractivity contribution is 1.19. The summed E-state index contributed by atoms with van der Waals surface area (Å²) >= 11 is 5.67. The monoisotopic (exact) mass is 179 g/mol. The summed E-state index contributed by atoms with van der Waals surface area (Å²) in [5, 5.41) is 0.405. The van der Waals surface area contributed by atoms with Gasteiger partial charge in [-0.05, 0) is 12.1 Å².